The van der Waals surface area contributed by atoms with Gasteiger partial charge in [-0.15, -0.1) is 0 Å². The molecule has 1 unspecified atom stereocenters. The van der Waals surface area contributed by atoms with Crippen LogP contribution in [0.15, 0.2) is 0 Å². The molecule has 1 atom stereocenters. The Kier molecular flexibility index (Phi) is 3.68. The average molecular weight is 211 g/mol. The van der Waals surface area contributed by atoms with Crippen LogP contribution in [0.3, 0.4) is 0 Å². The molecular weight excluding hydrogens is 186 g/mol. The first-order chi connectivity index (χ1) is 7.21. The predicted molar refractivity (Wildman–Crippen MR) is 62.8 cm³/mol. The second-order valence-corrected chi connectivity index (χ2v) is 5.66. The van der Waals surface area contributed by atoms with E-state index in [0.29, 0.717) is 5.92 Å². The summed E-state index contributed by atoms with van der Waals surface area (Å²) in [6, 6.07) is 0. The molecule has 1 heterocycles. The summed E-state index contributed by atoms with van der Waals surface area (Å²) in [5.74, 6) is 1.46. The zero-order chi connectivity index (χ0) is 10.7. The van der Waals surface area contributed by atoms with Gasteiger partial charge in [-0.25, -0.2) is 0 Å². The van der Waals surface area contributed by atoms with Gasteiger partial charge in [-0.1, -0.05) is 19.8 Å². The van der Waals surface area contributed by atoms with E-state index in [0.717, 1.165) is 38.3 Å². The minimum absolute atomic E-state index is 0.344. The van der Waals surface area contributed by atoms with Crippen LogP contribution in [0.2, 0.25) is 0 Å². The molecule has 88 valence electrons. The van der Waals surface area contributed by atoms with E-state index in [1.54, 1.807) is 0 Å². The van der Waals surface area contributed by atoms with E-state index in [-0.39, 0.29) is 5.60 Å². The summed E-state index contributed by atoms with van der Waals surface area (Å²) >= 11 is 0. The van der Waals surface area contributed by atoms with Crippen molar-refractivity contribution in [2.75, 3.05) is 13.1 Å². The van der Waals surface area contributed by atoms with Gasteiger partial charge in [-0.05, 0) is 57.0 Å². The Balaban J connectivity index is 1.94. The van der Waals surface area contributed by atoms with E-state index in [9.17, 15) is 5.11 Å². The molecule has 0 aromatic heterocycles. The van der Waals surface area contributed by atoms with E-state index < -0.39 is 0 Å². The molecule has 15 heavy (non-hydrogen) atoms. The number of hydrogen-bond donors (Lipinski definition) is 2. The second kappa shape index (κ2) is 4.84. The number of nitrogens with one attached hydrogen (secondary N) is 1. The summed E-state index contributed by atoms with van der Waals surface area (Å²) in [6.45, 7) is 4.43. The third kappa shape index (κ3) is 2.73. The third-order valence-electron chi connectivity index (χ3n) is 4.47. The van der Waals surface area contributed by atoms with Crippen molar-refractivity contribution in [2.24, 2.45) is 11.8 Å². The van der Waals surface area contributed by atoms with Crippen molar-refractivity contribution in [1.82, 2.24) is 5.32 Å². The van der Waals surface area contributed by atoms with Gasteiger partial charge in [0.25, 0.3) is 0 Å². The van der Waals surface area contributed by atoms with Crippen molar-refractivity contribution in [3.63, 3.8) is 0 Å². The summed E-state index contributed by atoms with van der Waals surface area (Å²) in [5, 5.41) is 14.1. The van der Waals surface area contributed by atoms with Gasteiger partial charge in [-0.3, -0.25) is 0 Å². The zero-order valence-electron chi connectivity index (χ0n) is 9.97. The topological polar surface area (TPSA) is 32.3 Å². The smallest absolute Gasteiger partial charge is 0.0688 e. The van der Waals surface area contributed by atoms with Crippen LogP contribution in [0.4, 0.5) is 0 Å². The molecule has 0 amide bonds. The molecule has 2 nitrogen and oxygen atoms in total. The summed E-state index contributed by atoms with van der Waals surface area (Å²) < 4.78 is 0. The quantitative estimate of drug-likeness (QED) is 0.697. The van der Waals surface area contributed by atoms with E-state index in [4.69, 9.17) is 0 Å². The lowest BCUT2D eigenvalue weighted by atomic mass is 9.71. The SMILES string of the molecule is CC1CCC(C2(O)CCCNCC2)CC1. The maximum absolute atomic E-state index is 10.7. The van der Waals surface area contributed by atoms with Crippen LogP contribution >= 0.6 is 0 Å². The molecule has 2 N–H and O–H groups in total. The van der Waals surface area contributed by atoms with Crippen molar-refractivity contribution in [3.8, 4) is 0 Å². The molecule has 1 aliphatic carbocycles. The Hall–Kier alpha value is -0.0800. The van der Waals surface area contributed by atoms with Gasteiger partial charge < -0.3 is 10.4 Å². The van der Waals surface area contributed by atoms with Crippen LogP contribution in [0.1, 0.15) is 51.9 Å². The Morgan fingerprint density at radius 2 is 1.80 bits per heavy atom. The molecule has 1 aliphatic heterocycles. The van der Waals surface area contributed by atoms with Gasteiger partial charge in [0.05, 0.1) is 5.60 Å². The third-order valence-corrected chi connectivity index (χ3v) is 4.47. The highest BCUT2D eigenvalue weighted by molar-refractivity contribution is 4.91. The van der Waals surface area contributed by atoms with Crippen LogP contribution in [-0.4, -0.2) is 23.8 Å². The Labute approximate surface area is 93.5 Å². The number of hydrogen-bond acceptors (Lipinski definition) is 2. The van der Waals surface area contributed by atoms with E-state index in [1.165, 1.54) is 25.7 Å². The standard InChI is InChI=1S/C13H25NO/c1-11-3-5-12(6-4-11)13(15)7-2-9-14-10-8-13/h11-12,14-15H,2-10H2,1H3. The van der Waals surface area contributed by atoms with Crippen LogP contribution in [-0.2, 0) is 0 Å². The summed E-state index contributed by atoms with van der Waals surface area (Å²) in [4.78, 5) is 0. The van der Waals surface area contributed by atoms with E-state index in [1.807, 2.05) is 0 Å². The highest BCUT2D eigenvalue weighted by Gasteiger charge is 2.38. The molecule has 0 spiro atoms. The molecular formula is C13H25NO. The van der Waals surface area contributed by atoms with Crippen molar-refractivity contribution in [3.05, 3.63) is 0 Å². The predicted octanol–water partition coefficient (Wildman–Crippen LogP) is 2.32. The normalized spacial score (nSPS) is 43.6. The molecule has 0 bridgehead atoms. The summed E-state index contributed by atoms with van der Waals surface area (Å²) in [7, 11) is 0. The highest BCUT2D eigenvalue weighted by atomic mass is 16.3. The minimum atomic E-state index is -0.344. The monoisotopic (exact) mass is 211 g/mol. The average Bonchev–Trinajstić information content (AvgIpc) is 2.45. The van der Waals surface area contributed by atoms with Gasteiger partial charge >= 0.3 is 0 Å². The zero-order valence-corrected chi connectivity index (χ0v) is 9.97. The lowest BCUT2D eigenvalue weighted by Gasteiger charge is -2.39. The highest BCUT2D eigenvalue weighted by Crippen LogP contribution is 2.39. The van der Waals surface area contributed by atoms with Gasteiger partial charge in [-0.2, -0.15) is 0 Å². The molecule has 0 aromatic carbocycles. The van der Waals surface area contributed by atoms with Crippen molar-refractivity contribution < 1.29 is 5.11 Å². The van der Waals surface area contributed by atoms with Crippen LogP contribution in [0, 0.1) is 11.8 Å². The largest absolute Gasteiger partial charge is 0.390 e. The fourth-order valence-corrected chi connectivity index (χ4v) is 3.28. The van der Waals surface area contributed by atoms with Gasteiger partial charge in [0.1, 0.15) is 0 Å². The van der Waals surface area contributed by atoms with Crippen molar-refractivity contribution >= 4 is 0 Å². The molecule has 0 radical (unpaired) electrons. The Morgan fingerprint density at radius 1 is 1.07 bits per heavy atom. The Bertz CT molecular complexity index is 189. The van der Waals surface area contributed by atoms with E-state index >= 15 is 0 Å². The molecule has 2 fully saturated rings. The summed E-state index contributed by atoms with van der Waals surface area (Å²) in [6.07, 6.45) is 8.25. The molecule has 0 aromatic rings. The summed E-state index contributed by atoms with van der Waals surface area (Å²) in [5.41, 5.74) is -0.344. The van der Waals surface area contributed by atoms with Crippen LogP contribution in [0.5, 0.6) is 0 Å². The van der Waals surface area contributed by atoms with Crippen molar-refractivity contribution in [2.45, 2.75) is 57.5 Å². The lowest BCUT2D eigenvalue weighted by molar-refractivity contribution is -0.0467. The first-order valence-electron chi connectivity index (χ1n) is 6.64. The molecule has 1 saturated carbocycles. The molecule has 2 rings (SSSR count). The first-order valence-corrected chi connectivity index (χ1v) is 6.64. The second-order valence-electron chi connectivity index (χ2n) is 5.66. The maximum Gasteiger partial charge on any atom is 0.0688 e. The lowest BCUT2D eigenvalue weighted by Crippen LogP contribution is -2.40. The fourth-order valence-electron chi connectivity index (χ4n) is 3.28. The van der Waals surface area contributed by atoms with Crippen LogP contribution in [0.25, 0.3) is 0 Å². The van der Waals surface area contributed by atoms with Gasteiger partial charge in [0, 0.05) is 0 Å². The number of aliphatic hydroxyl groups is 1. The molecule has 2 heteroatoms. The maximum atomic E-state index is 10.7. The molecule has 2 aliphatic rings. The minimum Gasteiger partial charge on any atom is -0.390 e. The van der Waals surface area contributed by atoms with Crippen LogP contribution < -0.4 is 5.32 Å². The van der Waals surface area contributed by atoms with Crippen molar-refractivity contribution in [1.29, 1.82) is 0 Å². The first kappa shape index (κ1) is 11.4. The molecule has 1 saturated heterocycles. The van der Waals surface area contributed by atoms with Gasteiger partial charge in [0.15, 0.2) is 0 Å². The Morgan fingerprint density at radius 3 is 2.53 bits per heavy atom. The van der Waals surface area contributed by atoms with Gasteiger partial charge in [0.2, 0.25) is 0 Å². The fraction of sp³-hybridized carbons (Fsp3) is 1.00. The van der Waals surface area contributed by atoms with E-state index in [2.05, 4.69) is 12.2 Å². The number of rotatable bonds is 1.